The number of aryl methyl sites for hydroxylation is 24. The predicted octanol–water partition coefficient (Wildman–Crippen LogP) is 11.9. The molecular weight excluding hydrogens is 1190 g/mol. The molecule has 2 N–H and O–H groups in total. The van der Waals surface area contributed by atoms with Crippen LogP contribution >= 0.6 is 22.7 Å². The number of nitrogens with zero attached hydrogens (tertiary/aromatic N) is 23. The Labute approximate surface area is 543 Å². The topological polar surface area (TPSA) is 312 Å². The molecule has 0 bridgehead atoms. The van der Waals surface area contributed by atoms with Crippen LogP contribution in [0.4, 0.5) is 4.39 Å². The fourth-order valence-electron chi connectivity index (χ4n) is 5.66. The number of pyridine rings is 1. The molecule has 25 nitrogen and oxygen atoms in total. The smallest absolute Gasteiger partial charge is 0.215 e. The Morgan fingerprint density at radius 2 is 0.846 bits per heavy atom. The maximum absolute atomic E-state index is 12.5. The fraction of sp³-hybridized carbons (Fsp3) is 0.381. The number of thiazole rings is 1. The van der Waals surface area contributed by atoms with Crippen molar-refractivity contribution in [3.8, 4) is 0 Å². The van der Waals surface area contributed by atoms with E-state index in [1.165, 1.54) is 4.88 Å². The first-order chi connectivity index (χ1) is 42.9. The molecule has 0 amide bonds. The molecule has 0 spiro atoms. The molecule has 0 saturated heterocycles. The minimum absolute atomic E-state index is 0.366. The normalized spacial score (nSPS) is 9.37. The van der Waals surface area contributed by atoms with E-state index in [9.17, 15) is 4.39 Å². The summed E-state index contributed by atoms with van der Waals surface area (Å²) in [6.07, 6.45) is 21.5. The monoisotopic (exact) mass is 1280 g/mol. The van der Waals surface area contributed by atoms with Crippen molar-refractivity contribution in [3.05, 3.63) is 227 Å². The number of aromatic nitrogens is 25. The zero-order valence-corrected chi connectivity index (χ0v) is 58.9. The Hall–Kier alpha value is -9.70. The lowest BCUT2D eigenvalue weighted by Gasteiger charge is -1.93. The van der Waals surface area contributed by atoms with Gasteiger partial charge in [0.25, 0.3) is 0 Å². The van der Waals surface area contributed by atoms with E-state index in [-0.39, 0.29) is 5.95 Å². The highest BCUT2D eigenvalue weighted by Crippen LogP contribution is 2.08. The fourth-order valence-corrected chi connectivity index (χ4v) is 6.93. The van der Waals surface area contributed by atoms with Crippen LogP contribution in [0.3, 0.4) is 0 Å². The van der Waals surface area contributed by atoms with Gasteiger partial charge in [-0.15, -0.1) is 38.0 Å². The highest BCUT2D eigenvalue weighted by molar-refractivity contribution is 7.11. The summed E-state index contributed by atoms with van der Waals surface area (Å²) in [7, 11) is 3.69. The molecule has 12 aromatic heterocycles. The average molecular weight is 1280 g/mol. The summed E-state index contributed by atoms with van der Waals surface area (Å²) in [6.45, 7) is 42.1. The number of imidazole rings is 1. The van der Waals surface area contributed by atoms with Gasteiger partial charge in [0, 0.05) is 104 Å². The lowest BCUT2D eigenvalue weighted by molar-refractivity contribution is 0.571. The van der Waals surface area contributed by atoms with E-state index in [1.54, 1.807) is 89.1 Å². The highest BCUT2D eigenvalue weighted by Gasteiger charge is 1.96. The molecule has 0 radical (unpaired) electrons. The van der Waals surface area contributed by atoms with Crippen molar-refractivity contribution in [1.29, 1.82) is 0 Å². The third-order valence-corrected chi connectivity index (χ3v) is 11.7. The van der Waals surface area contributed by atoms with Gasteiger partial charge in [-0.3, -0.25) is 34.4 Å². The number of aromatic amines is 2. The number of hydrogen-bond acceptors (Lipinski definition) is 23. The maximum Gasteiger partial charge on any atom is 0.215 e. The number of H-pyrrole nitrogens is 2. The number of halogens is 1. The van der Waals surface area contributed by atoms with Gasteiger partial charge < -0.3 is 4.98 Å². The van der Waals surface area contributed by atoms with E-state index >= 15 is 0 Å². The number of hydrogen-bond donors (Lipinski definition) is 2. The van der Waals surface area contributed by atoms with Crippen molar-refractivity contribution in [2.24, 2.45) is 14.1 Å². The SMILES string of the molecule is Cc1ccc(C)c(F)n1.Cc1ccc(C)nn1.Cc1cn(C)nn1.Cc1cnc(C)[nH]1.Cc1cnc(C)cn1.Cc1cnc(C)cn1.Cc1cnc(C)nc1.Cc1cnc(C)nc1.Cc1cnc(C)s1.Cc1n[nH]c(C)n1.Cc1ncn(C)n1.Cc1nnc(C)s1. The van der Waals surface area contributed by atoms with Crippen LogP contribution in [0, 0.1) is 158 Å². The van der Waals surface area contributed by atoms with Crippen LogP contribution in [-0.2, 0) is 14.1 Å². The Bertz CT molecular complexity index is 3030. The Balaban J connectivity index is 0.000000497. The van der Waals surface area contributed by atoms with Crippen molar-refractivity contribution in [1.82, 2.24) is 125 Å². The first-order valence-electron chi connectivity index (χ1n) is 28.4. The van der Waals surface area contributed by atoms with Crippen molar-refractivity contribution < 1.29 is 4.39 Å². The Morgan fingerprint density at radius 3 is 1.03 bits per heavy atom. The molecule has 486 valence electrons. The summed E-state index contributed by atoms with van der Waals surface area (Å²) in [5, 5.41) is 36.3. The number of rotatable bonds is 0. The predicted molar refractivity (Wildman–Crippen MR) is 358 cm³/mol. The molecule has 0 atom stereocenters. The van der Waals surface area contributed by atoms with Gasteiger partial charge >= 0.3 is 0 Å². The minimum atomic E-state index is -0.366. The summed E-state index contributed by atoms with van der Waals surface area (Å²) in [6, 6.07) is 7.40. The molecule has 0 aliphatic carbocycles. The van der Waals surface area contributed by atoms with Crippen molar-refractivity contribution >= 4 is 22.7 Å². The molecule has 28 heteroatoms. The van der Waals surface area contributed by atoms with E-state index in [0.29, 0.717) is 5.56 Å². The Kier molecular flexibility index (Phi) is 38.9. The third kappa shape index (κ3) is 42.8. The quantitative estimate of drug-likeness (QED) is 0.133. The molecule has 0 aliphatic rings. The minimum Gasteiger partial charge on any atom is -0.346 e. The van der Waals surface area contributed by atoms with Gasteiger partial charge in [-0.1, -0.05) is 11.3 Å². The largest absolute Gasteiger partial charge is 0.346 e. The van der Waals surface area contributed by atoms with Gasteiger partial charge in [-0.05, 0) is 182 Å². The molecule has 0 unspecified atom stereocenters. The first-order valence-corrected chi connectivity index (χ1v) is 30.0. The van der Waals surface area contributed by atoms with Crippen LogP contribution in [0.2, 0.25) is 0 Å². The Morgan fingerprint density at radius 1 is 0.374 bits per heavy atom. The van der Waals surface area contributed by atoms with E-state index < -0.39 is 0 Å². The second kappa shape index (κ2) is 44.7. The summed E-state index contributed by atoms with van der Waals surface area (Å²) in [5.41, 5.74) is 11.4. The zero-order valence-electron chi connectivity index (χ0n) is 57.2. The molecule has 0 aromatic carbocycles. The lowest BCUT2D eigenvalue weighted by atomic mass is 10.3. The molecular formula is C63H90FN25S2. The second-order valence-corrected chi connectivity index (χ2v) is 22.9. The third-order valence-electron chi connectivity index (χ3n) is 10.1. The van der Waals surface area contributed by atoms with E-state index in [1.807, 2.05) is 201 Å². The van der Waals surface area contributed by atoms with Crippen LogP contribution in [0.1, 0.15) is 123 Å². The molecule has 12 aromatic rings. The van der Waals surface area contributed by atoms with E-state index in [0.717, 1.165) is 112 Å². The van der Waals surface area contributed by atoms with E-state index in [2.05, 4.69) is 123 Å². The van der Waals surface area contributed by atoms with Gasteiger partial charge in [0.1, 0.15) is 51.3 Å². The average Bonchev–Trinajstić information content (AvgIpc) is 4.62. The van der Waals surface area contributed by atoms with Crippen molar-refractivity contribution in [3.63, 3.8) is 0 Å². The second-order valence-electron chi connectivity index (χ2n) is 20.0. The van der Waals surface area contributed by atoms with Crippen LogP contribution in [0.5, 0.6) is 0 Å². The van der Waals surface area contributed by atoms with Gasteiger partial charge in [0.05, 0.1) is 44.9 Å². The lowest BCUT2D eigenvalue weighted by Crippen LogP contribution is -1.88. The van der Waals surface area contributed by atoms with Crippen LogP contribution in [0.25, 0.3) is 0 Å². The van der Waals surface area contributed by atoms with Gasteiger partial charge in [-0.25, -0.2) is 44.9 Å². The standard InChI is InChI=1S/C7H8FN.5C6H8N2.C5H8N2.C5H7NS.3C4H7N3.C4H6N2S/c1-5-3-4-6(2)9-7(5)8;2*1-5-3-8-6(2)4-7-5;2*1-5-3-7-6(2)8-4-5;1-5-3-4-6(2)8-7-5;2*1-4-3-6-5(2)7-4;1-4-5-3-7(2)6-4;1-4-3-7(2)6-5-4;1-3-5-4(2)7-6-3;1-3-5-6-4(2)7-3/h3-4H,1-2H3;5*3-4H,1-2H3;3H,1-2H3,(H,6,7);3*3H,1-2H3;1-2H3,(H,5,6,7);1-2H3. The van der Waals surface area contributed by atoms with Crippen LogP contribution < -0.4 is 0 Å². The summed E-state index contributed by atoms with van der Waals surface area (Å²) in [5.74, 6) is 4.77. The maximum atomic E-state index is 12.5. The molecule has 91 heavy (non-hydrogen) atoms. The van der Waals surface area contributed by atoms with Crippen LogP contribution in [-0.4, -0.2) is 125 Å². The number of nitrogens with one attached hydrogen (secondary N) is 2. The molecule has 0 fully saturated rings. The van der Waals surface area contributed by atoms with Gasteiger partial charge in [0.15, 0.2) is 0 Å². The molecule has 12 rings (SSSR count). The molecule has 12 heterocycles. The van der Waals surface area contributed by atoms with Gasteiger partial charge in [0.2, 0.25) is 5.95 Å². The van der Waals surface area contributed by atoms with Crippen molar-refractivity contribution in [2.45, 2.75) is 152 Å². The molecule has 0 saturated carbocycles. The summed E-state index contributed by atoms with van der Waals surface area (Å²) >= 11 is 3.35. The zero-order chi connectivity index (χ0) is 68.4. The van der Waals surface area contributed by atoms with Gasteiger partial charge in [-0.2, -0.15) is 24.8 Å². The highest BCUT2D eigenvalue weighted by atomic mass is 32.1. The van der Waals surface area contributed by atoms with Crippen LogP contribution in [0.15, 0.2) is 98.8 Å². The first kappa shape index (κ1) is 79.3. The summed E-state index contributed by atoms with van der Waals surface area (Å²) in [4.78, 5) is 55.7. The van der Waals surface area contributed by atoms with Crippen molar-refractivity contribution in [2.75, 3.05) is 0 Å². The molecule has 0 aliphatic heterocycles. The summed E-state index contributed by atoms with van der Waals surface area (Å²) < 4.78 is 15.8. The van der Waals surface area contributed by atoms with E-state index in [4.69, 9.17) is 0 Å².